The first-order valence-electron chi connectivity index (χ1n) is 7.24. The zero-order valence-corrected chi connectivity index (χ0v) is 13.7. The Balaban J connectivity index is 1.54. The normalized spacial score (nSPS) is 12.8. The number of hydrogen-bond acceptors (Lipinski definition) is 5. The van der Waals surface area contributed by atoms with Crippen LogP contribution in [0.1, 0.15) is 12.5 Å². The van der Waals surface area contributed by atoms with Crippen LogP contribution >= 0.6 is 11.6 Å². The lowest BCUT2D eigenvalue weighted by atomic mass is 10.1. The number of halogens is 1. The molecule has 3 rings (SSSR count). The van der Waals surface area contributed by atoms with Gasteiger partial charge in [0.1, 0.15) is 0 Å². The Labute approximate surface area is 144 Å². The van der Waals surface area contributed by atoms with E-state index in [1.54, 1.807) is 31.2 Å². The van der Waals surface area contributed by atoms with Crippen LogP contribution in [0.4, 0.5) is 5.69 Å². The molecule has 7 heteroatoms. The van der Waals surface area contributed by atoms with E-state index in [-0.39, 0.29) is 19.3 Å². The molecule has 2 aromatic carbocycles. The fourth-order valence-corrected chi connectivity index (χ4v) is 2.32. The lowest BCUT2D eigenvalue weighted by Crippen LogP contribution is -2.17. The first-order valence-corrected chi connectivity index (χ1v) is 7.61. The molecule has 124 valence electrons. The number of fused-ring (bicyclic) bond motifs is 1. The highest BCUT2D eigenvalue weighted by Crippen LogP contribution is 2.32. The highest BCUT2D eigenvalue weighted by atomic mass is 35.5. The Hall–Kier alpha value is -2.73. The summed E-state index contributed by atoms with van der Waals surface area (Å²) in [5.74, 6) is 1.05. The maximum atomic E-state index is 11.8. The Kier molecular flexibility index (Phi) is 4.86. The summed E-state index contributed by atoms with van der Waals surface area (Å²) in [7, 11) is 0. The highest BCUT2D eigenvalue weighted by molar-refractivity contribution is 6.30. The van der Waals surface area contributed by atoms with Gasteiger partial charge in [-0.2, -0.15) is 0 Å². The quantitative estimate of drug-likeness (QED) is 0.665. The molecule has 0 radical (unpaired) electrons. The van der Waals surface area contributed by atoms with Gasteiger partial charge in [0.15, 0.2) is 18.1 Å². The predicted molar refractivity (Wildman–Crippen MR) is 90.8 cm³/mol. The van der Waals surface area contributed by atoms with Crippen LogP contribution in [0.3, 0.4) is 0 Å². The van der Waals surface area contributed by atoms with Gasteiger partial charge in [-0.25, -0.2) is 0 Å². The van der Waals surface area contributed by atoms with E-state index in [1.165, 1.54) is 0 Å². The molecule has 0 bridgehead atoms. The van der Waals surface area contributed by atoms with E-state index in [4.69, 9.17) is 25.9 Å². The molecular formula is C17H15ClN2O4. The second kappa shape index (κ2) is 7.23. The molecule has 0 unspecified atom stereocenters. The lowest BCUT2D eigenvalue weighted by molar-refractivity contribution is -0.120. The Morgan fingerprint density at radius 2 is 2.08 bits per heavy atom. The number of nitrogens with one attached hydrogen (secondary N) is 1. The molecule has 0 spiro atoms. The van der Waals surface area contributed by atoms with Crippen molar-refractivity contribution in [3.05, 3.63) is 53.1 Å². The number of amides is 1. The van der Waals surface area contributed by atoms with E-state index in [0.717, 1.165) is 5.56 Å². The minimum Gasteiger partial charge on any atom is -0.454 e. The Morgan fingerprint density at radius 1 is 1.25 bits per heavy atom. The number of carbonyl (C=O) groups is 1. The summed E-state index contributed by atoms with van der Waals surface area (Å²) in [6.07, 6.45) is 0. The monoisotopic (exact) mass is 346 g/mol. The van der Waals surface area contributed by atoms with E-state index < -0.39 is 0 Å². The van der Waals surface area contributed by atoms with Crippen molar-refractivity contribution in [2.75, 3.05) is 18.7 Å². The Morgan fingerprint density at radius 3 is 2.92 bits per heavy atom. The molecule has 2 aromatic rings. The fraction of sp³-hybridized carbons (Fsp3) is 0.176. The molecule has 1 heterocycles. The summed E-state index contributed by atoms with van der Waals surface area (Å²) in [4.78, 5) is 16.9. The molecule has 1 N–H and O–H groups in total. The summed E-state index contributed by atoms with van der Waals surface area (Å²) in [6, 6.07) is 12.3. The fourth-order valence-electron chi connectivity index (χ4n) is 2.13. The van der Waals surface area contributed by atoms with E-state index in [9.17, 15) is 4.79 Å². The van der Waals surface area contributed by atoms with Crippen molar-refractivity contribution < 1.29 is 19.1 Å². The van der Waals surface area contributed by atoms with Gasteiger partial charge in [0, 0.05) is 16.3 Å². The molecular weight excluding hydrogens is 332 g/mol. The van der Waals surface area contributed by atoms with Gasteiger partial charge in [-0.15, -0.1) is 0 Å². The predicted octanol–water partition coefficient (Wildman–Crippen LogP) is 3.45. The minimum absolute atomic E-state index is 0.200. The van der Waals surface area contributed by atoms with E-state index in [1.807, 2.05) is 18.2 Å². The standard InChI is InChI=1S/C17H15ClN2O4/c1-11(12-5-6-15-16(7-12)23-10-22-15)20-24-9-17(21)19-14-4-2-3-13(18)8-14/h2-8H,9-10H2,1H3,(H,19,21)/b20-11-. The van der Waals surface area contributed by atoms with Gasteiger partial charge >= 0.3 is 0 Å². The van der Waals surface area contributed by atoms with Crippen molar-refractivity contribution in [2.24, 2.45) is 5.16 Å². The summed E-state index contributed by atoms with van der Waals surface area (Å²) in [6.45, 7) is 1.80. The largest absolute Gasteiger partial charge is 0.454 e. The number of oxime groups is 1. The molecule has 0 saturated carbocycles. The molecule has 0 aromatic heterocycles. The summed E-state index contributed by atoms with van der Waals surface area (Å²) >= 11 is 5.86. The molecule has 0 fully saturated rings. The van der Waals surface area contributed by atoms with Crippen molar-refractivity contribution in [3.8, 4) is 11.5 Å². The maximum absolute atomic E-state index is 11.8. The molecule has 0 atom stereocenters. The molecule has 1 amide bonds. The second-order valence-electron chi connectivity index (χ2n) is 5.08. The molecule has 0 aliphatic carbocycles. The van der Waals surface area contributed by atoms with Crippen molar-refractivity contribution in [1.29, 1.82) is 0 Å². The van der Waals surface area contributed by atoms with Gasteiger partial charge in [-0.3, -0.25) is 4.79 Å². The van der Waals surface area contributed by atoms with Crippen LogP contribution in [-0.2, 0) is 9.63 Å². The maximum Gasteiger partial charge on any atom is 0.265 e. The van der Waals surface area contributed by atoms with Gasteiger partial charge in [-0.05, 0) is 43.3 Å². The topological polar surface area (TPSA) is 69.2 Å². The van der Waals surface area contributed by atoms with Crippen LogP contribution in [0.25, 0.3) is 0 Å². The molecule has 1 aliphatic rings. The summed E-state index contributed by atoms with van der Waals surface area (Å²) in [5, 5.41) is 7.18. The average molecular weight is 347 g/mol. The van der Waals surface area contributed by atoms with Crippen LogP contribution in [0.2, 0.25) is 5.02 Å². The van der Waals surface area contributed by atoms with Crippen LogP contribution in [0, 0.1) is 0 Å². The van der Waals surface area contributed by atoms with Gasteiger partial charge in [-0.1, -0.05) is 22.8 Å². The van der Waals surface area contributed by atoms with Crippen LogP contribution < -0.4 is 14.8 Å². The number of rotatable bonds is 5. The smallest absolute Gasteiger partial charge is 0.265 e. The first-order chi connectivity index (χ1) is 11.6. The van der Waals surface area contributed by atoms with Gasteiger partial charge in [0.2, 0.25) is 6.79 Å². The number of ether oxygens (including phenoxy) is 2. The van der Waals surface area contributed by atoms with Crippen LogP contribution in [0.15, 0.2) is 47.6 Å². The van der Waals surface area contributed by atoms with Gasteiger partial charge in [0.25, 0.3) is 5.91 Å². The van der Waals surface area contributed by atoms with Gasteiger partial charge in [0.05, 0.1) is 5.71 Å². The number of hydrogen-bond donors (Lipinski definition) is 1. The molecule has 1 aliphatic heterocycles. The number of anilines is 1. The van der Waals surface area contributed by atoms with Gasteiger partial charge < -0.3 is 19.6 Å². The van der Waals surface area contributed by atoms with Crippen molar-refractivity contribution in [1.82, 2.24) is 0 Å². The highest BCUT2D eigenvalue weighted by Gasteiger charge is 2.14. The van der Waals surface area contributed by atoms with E-state index in [2.05, 4.69) is 10.5 Å². The van der Waals surface area contributed by atoms with Crippen LogP contribution in [-0.4, -0.2) is 25.0 Å². The average Bonchev–Trinajstić information content (AvgIpc) is 3.02. The third kappa shape index (κ3) is 3.97. The number of benzene rings is 2. The van der Waals surface area contributed by atoms with Crippen LogP contribution in [0.5, 0.6) is 11.5 Å². The zero-order chi connectivity index (χ0) is 16.9. The summed E-state index contributed by atoms with van der Waals surface area (Å²) < 4.78 is 10.6. The molecule has 6 nitrogen and oxygen atoms in total. The van der Waals surface area contributed by atoms with Crippen molar-refractivity contribution in [2.45, 2.75) is 6.92 Å². The second-order valence-corrected chi connectivity index (χ2v) is 5.51. The number of nitrogens with zero attached hydrogens (tertiary/aromatic N) is 1. The first kappa shape index (κ1) is 16.1. The number of carbonyl (C=O) groups excluding carboxylic acids is 1. The molecule has 0 saturated heterocycles. The minimum atomic E-state index is -0.320. The summed E-state index contributed by atoms with van der Waals surface area (Å²) in [5.41, 5.74) is 2.06. The Bertz CT molecular complexity index is 792. The SMILES string of the molecule is C/C(=N/OCC(=O)Nc1cccc(Cl)c1)c1ccc2c(c1)OCO2. The third-order valence-electron chi connectivity index (χ3n) is 3.30. The van der Waals surface area contributed by atoms with Crippen molar-refractivity contribution >= 4 is 28.9 Å². The van der Waals surface area contributed by atoms with E-state index >= 15 is 0 Å². The molecule has 24 heavy (non-hydrogen) atoms. The third-order valence-corrected chi connectivity index (χ3v) is 3.53. The van der Waals surface area contributed by atoms with E-state index in [0.29, 0.717) is 27.9 Å². The lowest BCUT2D eigenvalue weighted by Gasteiger charge is -2.06. The van der Waals surface area contributed by atoms with Crippen molar-refractivity contribution in [3.63, 3.8) is 0 Å². The zero-order valence-electron chi connectivity index (χ0n) is 12.9.